The van der Waals surface area contributed by atoms with Gasteiger partial charge >= 0.3 is 6.03 Å². The Morgan fingerprint density at radius 2 is 2.11 bits per heavy atom. The van der Waals surface area contributed by atoms with Gasteiger partial charge in [-0.2, -0.15) is 0 Å². The summed E-state index contributed by atoms with van der Waals surface area (Å²) in [6.07, 6.45) is 6.67. The Morgan fingerprint density at radius 3 is 2.78 bits per heavy atom. The highest BCUT2D eigenvalue weighted by molar-refractivity contribution is 5.75. The van der Waals surface area contributed by atoms with Gasteiger partial charge in [0, 0.05) is 12.6 Å². The standard InChI is InChI=1S/C14H26N2O2/c1-14(2)8-4-3-7-12(14)15-13(18)16-9-5-6-11(16)10-17/h11-12,17H,3-10H2,1-2H3,(H,15,18)/t11-,12?/m1/s1. The van der Waals surface area contributed by atoms with Crippen LogP contribution in [0.25, 0.3) is 0 Å². The minimum atomic E-state index is 0.0199. The second-order valence-corrected chi connectivity index (χ2v) is 6.41. The molecule has 1 aliphatic carbocycles. The molecule has 0 aromatic heterocycles. The van der Waals surface area contributed by atoms with Crippen molar-refractivity contribution in [3.05, 3.63) is 0 Å². The van der Waals surface area contributed by atoms with Crippen molar-refractivity contribution in [3.8, 4) is 0 Å². The summed E-state index contributed by atoms with van der Waals surface area (Å²) in [5.41, 5.74) is 0.197. The number of likely N-dealkylation sites (tertiary alicyclic amines) is 1. The molecule has 18 heavy (non-hydrogen) atoms. The van der Waals surface area contributed by atoms with Crippen LogP contribution in [0.5, 0.6) is 0 Å². The molecule has 1 heterocycles. The third-order valence-corrected chi connectivity index (χ3v) is 4.65. The number of hydrogen-bond donors (Lipinski definition) is 2. The second-order valence-electron chi connectivity index (χ2n) is 6.41. The van der Waals surface area contributed by atoms with E-state index in [1.54, 1.807) is 0 Å². The molecule has 0 spiro atoms. The van der Waals surface area contributed by atoms with Gasteiger partial charge in [0.25, 0.3) is 0 Å². The van der Waals surface area contributed by atoms with Gasteiger partial charge in [-0.05, 0) is 31.1 Å². The van der Waals surface area contributed by atoms with Crippen LogP contribution in [0.1, 0.15) is 52.4 Å². The number of amides is 2. The molecule has 1 aliphatic heterocycles. The molecule has 1 saturated carbocycles. The van der Waals surface area contributed by atoms with E-state index in [0.717, 1.165) is 25.8 Å². The van der Waals surface area contributed by atoms with Crippen LogP contribution in [0.3, 0.4) is 0 Å². The molecular weight excluding hydrogens is 228 g/mol. The molecule has 0 aromatic rings. The zero-order chi connectivity index (χ0) is 13.2. The number of carbonyl (C=O) groups excluding carboxylic acids is 1. The maximum atomic E-state index is 12.3. The average molecular weight is 254 g/mol. The van der Waals surface area contributed by atoms with Crippen molar-refractivity contribution in [2.24, 2.45) is 5.41 Å². The molecule has 1 unspecified atom stereocenters. The van der Waals surface area contributed by atoms with Crippen LogP contribution in [-0.2, 0) is 0 Å². The first-order chi connectivity index (χ1) is 8.54. The zero-order valence-corrected chi connectivity index (χ0v) is 11.6. The first-order valence-electron chi connectivity index (χ1n) is 7.22. The van der Waals surface area contributed by atoms with E-state index in [-0.39, 0.29) is 30.1 Å². The summed E-state index contributed by atoms with van der Waals surface area (Å²) in [5, 5.41) is 12.5. The van der Waals surface area contributed by atoms with Gasteiger partial charge in [-0.1, -0.05) is 26.7 Å². The Morgan fingerprint density at radius 1 is 1.33 bits per heavy atom. The Bertz CT molecular complexity index is 304. The number of carbonyl (C=O) groups is 1. The second kappa shape index (κ2) is 5.47. The van der Waals surface area contributed by atoms with E-state index in [9.17, 15) is 9.90 Å². The smallest absolute Gasteiger partial charge is 0.317 e. The monoisotopic (exact) mass is 254 g/mol. The van der Waals surface area contributed by atoms with Crippen molar-refractivity contribution in [1.82, 2.24) is 10.2 Å². The average Bonchev–Trinajstić information content (AvgIpc) is 2.79. The molecule has 2 aliphatic rings. The molecule has 2 atom stereocenters. The molecule has 1 saturated heterocycles. The van der Waals surface area contributed by atoms with Crippen molar-refractivity contribution in [2.75, 3.05) is 13.2 Å². The van der Waals surface area contributed by atoms with Gasteiger partial charge < -0.3 is 15.3 Å². The van der Waals surface area contributed by atoms with Crippen molar-refractivity contribution in [3.63, 3.8) is 0 Å². The molecule has 2 amide bonds. The van der Waals surface area contributed by atoms with Crippen molar-refractivity contribution in [2.45, 2.75) is 64.5 Å². The van der Waals surface area contributed by atoms with Crippen LogP contribution >= 0.6 is 0 Å². The van der Waals surface area contributed by atoms with E-state index in [4.69, 9.17) is 0 Å². The van der Waals surface area contributed by atoms with E-state index in [1.807, 2.05) is 4.90 Å². The van der Waals surface area contributed by atoms with Crippen LogP contribution in [0.15, 0.2) is 0 Å². The van der Waals surface area contributed by atoms with E-state index in [2.05, 4.69) is 19.2 Å². The number of nitrogens with one attached hydrogen (secondary N) is 1. The third kappa shape index (κ3) is 2.79. The number of rotatable bonds is 2. The summed E-state index contributed by atoms with van der Waals surface area (Å²) in [5.74, 6) is 0. The minimum Gasteiger partial charge on any atom is -0.394 e. The molecular formula is C14H26N2O2. The number of hydrogen-bond acceptors (Lipinski definition) is 2. The lowest BCUT2D eigenvalue weighted by Gasteiger charge is -2.40. The summed E-state index contributed by atoms with van der Waals surface area (Å²) < 4.78 is 0. The Balaban J connectivity index is 1.94. The number of aliphatic hydroxyl groups excluding tert-OH is 1. The fraction of sp³-hybridized carbons (Fsp3) is 0.929. The van der Waals surface area contributed by atoms with Gasteiger partial charge in [0.05, 0.1) is 12.6 Å². The molecule has 4 nitrogen and oxygen atoms in total. The van der Waals surface area contributed by atoms with Crippen LogP contribution in [0, 0.1) is 5.41 Å². The molecule has 0 radical (unpaired) electrons. The SMILES string of the molecule is CC1(C)CCCCC1NC(=O)N1CCC[C@@H]1CO. The van der Waals surface area contributed by atoms with Crippen LogP contribution < -0.4 is 5.32 Å². The van der Waals surface area contributed by atoms with Gasteiger partial charge in [-0.25, -0.2) is 4.79 Å². The maximum Gasteiger partial charge on any atom is 0.317 e. The quantitative estimate of drug-likeness (QED) is 0.793. The predicted octanol–water partition coefficient (Wildman–Crippen LogP) is 2.12. The lowest BCUT2D eigenvalue weighted by Crippen LogP contribution is -2.53. The number of aliphatic hydroxyl groups is 1. The van der Waals surface area contributed by atoms with Gasteiger partial charge in [0.15, 0.2) is 0 Å². The van der Waals surface area contributed by atoms with Crippen molar-refractivity contribution >= 4 is 6.03 Å². The largest absolute Gasteiger partial charge is 0.394 e. The molecule has 0 aromatic carbocycles. The highest BCUT2D eigenvalue weighted by atomic mass is 16.3. The fourth-order valence-electron chi connectivity index (χ4n) is 3.29. The summed E-state index contributed by atoms with van der Waals surface area (Å²) in [6, 6.07) is 0.321. The topological polar surface area (TPSA) is 52.6 Å². The first-order valence-corrected chi connectivity index (χ1v) is 7.22. The van der Waals surface area contributed by atoms with Crippen LogP contribution in [0.2, 0.25) is 0 Å². The summed E-state index contributed by atoms with van der Waals surface area (Å²) in [7, 11) is 0. The van der Waals surface area contributed by atoms with Crippen molar-refractivity contribution < 1.29 is 9.90 Å². The lowest BCUT2D eigenvalue weighted by molar-refractivity contribution is 0.131. The van der Waals surface area contributed by atoms with Gasteiger partial charge in [0.2, 0.25) is 0 Å². The minimum absolute atomic E-state index is 0.0199. The predicted molar refractivity (Wildman–Crippen MR) is 71.4 cm³/mol. The Hall–Kier alpha value is -0.770. The summed E-state index contributed by atoms with van der Waals surface area (Å²) in [4.78, 5) is 14.1. The van der Waals surface area contributed by atoms with E-state index in [1.165, 1.54) is 19.3 Å². The number of urea groups is 1. The van der Waals surface area contributed by atoms with Gasteiger partial charge in [0.1, 0.15) is 0 Å². The molecule has 2 fully saturated rings. The first kappa shape index (κ1) is 13.7. The maximum absolute atomic E-state index is 12.3. The molecule has 2 N–H and O–H groups in total. The van der Waals surface area contributed by atoms with Gasteiger partial charge in [-0.15, -0.1) is 0 Å². The third-order valence-electron chi connectivity index (χ3n) is 4.65. The molecule has 104 valence electrons. The zero-order valence-electron chi connectivity index (χ0n) is 11.6. The van der Waals surface area contributed by atoms with Gasteiger partial charge in [-0.3, -0.25) is 0 Å². The van der Waals surface area contributed by atoms with Crippen molar-refractivity contribution in [1.29, 1.82) is 0 Å². The lowest BCUT2D eigenvalue weighted by atomic mass is 9.73. The summed E-state index contributed by atoms with van der Waals surface area (Å²) >= 11 is 0. The Kier molecular flexibility index (Phi) is 4.15. The summed E-state index contributed by atoms with van der Waals surface area (Å²) in [6.45, 7) is 5.35. The Labute approximate surface area is 110 Å². The molecule has 0 bridgehead atoms. The van der Waals surface area contributed by atoms with E-state index in [0.29, 0.717) is 0 Å². The van der Waals surface area contributed by atoms with Crippen LogP contribution in [0.4, 0.5) is 4.79 Å². The molecule has 2 rings (SSSR count). The normalized spacial score (nSPS) is 31.4. The number of nitrogens with zero attached hydrogens (tertiary/aromatic N) is 1. The van der Waals surface area contributed by atoms with Crippen LogP contribution in [-0.4, -0.2) is 41.3 Å². The van der Waals surface area contributed by atoms with E-state index >= 15 is 0 Å². The fourth-order valence-corrected chi connectivity index (χ4v) is 3.29. The van der Waals surface area contributed by atoms with E-state index < -0.39 is 0 Å². The highest BCUT2D eigenvalue weighted by Crippen LogP contribution is 2.35. The highest BCUT2D eigenvalue weighted by Gasteiger charge is 2.36. The molecule has 4 heteroatoms.